The number of furan rings is 1. The van der Waals surface area contributed by atoms with Crippen LogP contribution >= 0.6 is 0 Å². The third-order valence-corrected chi connectivity index (χ3v) is 3.27. The normalized spacial score (nSPS) is 11.9. The summed E-state index contributed by atoms with van der Waals surface area (Å²) < 4.78 is 5.57. The van der Waals surface area contributed by atoms with Gasteiger partial charge in [-0.2, -0.15) is 5.26 Å². The Bertz CT molecular complexity index is 673. The summed E-state index contributed by atoms with van der Waals surface area (Å²) in [6.45, 7) is 5.71. The second-order valence-corrected chi connectivity index (χ2v) is 4.48. The molecule has 0 amide bonds. The number of allylic oxidation sites excluding steroid dienone is 1. The van der Waals surface area contributed by atoms with Crippen LogP contribution < -0.4 is 5.73 Å². The van der Waals surface area contributed by atoms with Gasteiger partial charge in [0.15, 0.2) is 0 Å². The topological polar surface area (TPSA) is 62.9 Å². The lowest BCUT2D eigenvalue weighted by Crippen LogP contribution is -2.02. The number of benzene rings is 1. The van der Waals surface area contributed by atoms with Crippen molar-refractivity contribution in [3.05, 3.63) is 58.5 Å². The van der Waals surface area contributed by atoms with Crippen molar-refractivity contribution < 1.29 is 4.42 Å². The van der Waals surface area contributed by atoms with E-state index in [1.54, 1.807) is 0 Å². The molecule has 3 heteroatoms. The maximum Gasteiger partial charge on any atom is 0.110 e. The van der Waals surface area contributed by atoms with Gasteiger partial charge in [0.1, 0.15) is 17.6 Å². The zero-order valence-corrected chi connectivity index (χ0v) is 11.3. The van der Waals surface area contributed by atoms with Crippen LogP contribution in [0.25, 0.3) is 11.3 Å². The third kappa shape index (κ3) is 2.25. The van der Waals surface area contributed by atoms with Crippen molar-refractivity contribution in [2.45, 2.75) is 20.8 Å². The van der Waals surface area contributed by atoms with E-state index >= 15 is 0 Å². The van der Waals surface area contributed by atoms with Crippen LogP contribution in [0, 0.1) is 32.1 Å². The number of nitrogens with two attached hydrogens (primary N) is 1. The van der Waals surface area contributed by atoms with Gasteiger partial charge in [0.25, 0.3) is 0 Å². The van der Waals surface area contributed by atoms with Crippen LogP contribution in [-0.2, 0) is 0 Å². The number of nitrogens with zero attached hydrogens (tertiary/aromatic N) is 1. The second kappa shape index (κ2) is 5.03. The molecule has 2 aromatic rings. The molecule has 19 heavy (non-hydrogen) atoms. The SMILES string of the molecule is Cc1oc(C)c(/C(N)=C(/C#N)c2ccccc2)c1C. The van der Waals surface area contributed by atoms with Gasteiger partial charge in [-0.05, 0) is 31.9 Å². The highest BCUT2D eigenvalue weighted by Crippen LogP contribution is 2.29. The van der Waals surface area contributed by atoms with Crippen LogP contribution in [-0.4, -0.2) is 0 Å². The zero-order valence-electron chi connectivity index (χ0n) is 11.3. The molecule has 96 valence electrons. The monoisotopic (exact) mass is 252 g/mol. The molecule has 1 aromatic carbocycles. The molecule has 0 aliphatic carbocycles. The van der Waals surface area contributed by atoms with Crippen molar-refractivity contribution in [2.75, 3.05) is 0 Å². The average Bonchev–Trinajstić information content (AvgIpc) is 2.65. The summed E-state index contributed by atoms with van der Waals surface area (Å²) in [5.41, 5.74) is 9.78. The summed E-state index contributed by atoms with van der Waals surface area (Å²) in [6.07, 6.45) is 0. The van der Waals surface area contributed by atoms with Crippen LogP contribution in [0.2, 0.25) is 0 Å². The summed E-state index contributed by atoms with van der Waals surface area (Å²) >= 11 is 0. The molecule has 0 saturated heterocycles. The fourth-order valence-electron chi connectivity index (χ4n) is 2.20. The Hall–Kier alpha value is -2.47. The molecule has 1 heterocycles. The van der Waals surface area contributed by atoms with Crippen molar-refractivity contribution in [1.82, 2.24) is 0 Å². The molecule has 2 N–H and O–H groups in total. The van der Waals surface area contributed by atoms with Crippen LogP contribution in [0.5, 0.6) is 0 Å². The molecule has 1 aromatic heterocycles. The fourth-order valence-corrected chi connectivity index (χ4v) is 2.20. The van der Waals surface area contributed by atoms with E-state index in [-0.39, 0.29) is 0 Å². The maximum absolute atomic E-state index is 9.38. The van der Waals surface area contributed by atoms with Gasteiger partial charge >= 0.3 is 0 Å². The number of hydrogen-bond acceptors (Lipinski definition) is 3. The van der Waals surface area contributed by atoms with E-state index in [4.69, 9.17) is 10.2 Å². The summed E-state index contributed by atoms with van der Waals surface area (Å²) in [7, 11) is 0. The van der Waals surface area contributed by atoms with Crippen LogP contribution in [0.15, 0.2) is 34.7 Å². The van der Waals surface area contributed by atoms with Crippen molar-refractivity contribution in [1.29, 1.82) is 5.26 Å². The molecule has 0 saturated carbocycles. The first kappa shape index (κ1) is 13.0. The number of aryl methyl sites for hydroxylation is 2. The Morgan fingerprint density at radius 2 is 1.74 bits per heavy atom. The van der Waals surface area contributed by atoms with Gasteiger partial charge in [0, 0.05) is 5.56 Å². The van der Waals surface area contributed by atoms with Crippen LogP contribution in [0.3, 0.4) is 0 Å². The lowest BCUT2D eigenvalue weighted by Gasteiger charge is -2.06. The Kier molecular flexibility index (Phi) is 3.43. The molecule has 0 aliphatic rings. The quantitative estimate of drug-likeness (QED) is 0.831. The zero-order chi connectivity index (χ0) is 14.0. The minimum absolute atomic E-state index is 0.473. The first-order chi connectivity index (χ1) is 9.06. The molecule has 0 bridgehead atoms. The minimum Gasteiger partial charge on any atom is -0.466 e. The first-order valence-electron chi connectivity index (χ1n) is 6.08. The molecule has 2 rings (SSSR count). The van der Waals surface area contributed by atoms with Gasteiger partial charge in [0.2, 0.25) is 0 Å². The predicted octanol–water partition coefficient (Wildman–Crippen LogP) is 3.56. The van der Waals surface area contributed by atoms with Crippen LogP contribution in [0.1, 0.15) is 28.2 Å². The summed E-state index contributed by atoms with van der Waals surface area (Å²) in [4.78, 5) is 0. The molecular weight excluding hydrogens is 236 g/mol. The first-order valence-corrected chi connectivity index (χ1v) is 6.08. The number of hydrogen-bond donors (Lipinski definition) is 1. The highest BCUT2D eigenvalue weighted by molar-refractivity contribution is 5.97. The smallest absolute Gasteiger partial charge is 0.110 e. The molecule has 0 atom stereocenters. The molecular formula is C16H16N2O. The fraction of sp³-hybridized carbons (Fsp3) is 0.188. The van der Waals surface area contributed by atoms with Crippen LogP contribution in [0.4, 0.5) is 0 Å². The summed E-state index contributed by atoms with van der Waals surface area (Å²) in [5.74, 6) is 1.58. The van der Waals surface area contributed by atoms with Gasteiger partial charge in [-0.1, -0.05) is 30.3 Å². The van der Waals surface area contributed by atoms with Crippen molar-refractivity contribution in [3.63, 3.8) is 0 Å². The molecule has 0 spiro atoms. The third-order valence-electron chi connectivity index (χ3n) is 3.27. The maximum atomic E-state index is 9.38. The van der Waals surface area contributed by atoms with Gasteiger partial charge in [-0.15, -0.1) is 0 Å². The second-order valence-electron chi connectivity index (χ2n) is 4.48. The standard InChI is InChI=1S/C16H16N2O/c1-10-11(2)19-12(3)15(10)16(18)14(9-17)13-7-5-4-6-8-13/h4-8H,18H2,1-3H3/b16-14+. The van der Waals surface area contributed by atoms with E-state index < -0.39 is 0 Å². The Morgan fingerprint density at radius 1 is 1.11 bits per heavy atom. The minimum atomic E-state index is 0.473. The van der Waals surface area contributed by atoms with E-state index in [2.05, 4.69) is 6.07 Å². The molecule has 0 aliphatic heterocycles. The lowest BCUT2D eigenvalue weighted by molar-refractivity contribution is 0.502. The van der Waals surface area contributed by atoms with E-state index in [0.29, 0.717) is 11.3 Å². The number of nitriles is 1. The largest absolute Gasteiger partial charge is 0.466 e. The molecule has 0 radical (unpaired) electrons. The Labute approximate surface area is 113 Å². The molecule has 3 nitrogen and oxygen atoms in total. The Balaban J connectivity index is 2.66. The molecule has 0 fully saturated rings. The van der Waals surface area contributed by atoms with Gasteiger partial charge in [0.05, 0.1) is 11.3 Å². The predicted molar refractivity (Wildman–Crippen MR) is 76.0 cm³/mol. The van der Waals surface area contributed by atoms with Gasteiger partial charge in [-0.3, -0.25) is 0 Å². The number of rotatable bonds is 2. The lowest BCUT2D eigenvalue weighted by atomic mass is 9.98. The Morgan fingerprint density at radius 3 is 2.21 bits per heavy atom. The average molecular weight is 252 g/mol. The van der Waals surface area contributed by atoms with Crippen molar-refractivity contribution in [2.24, 2.45) is 5.73 Å². The van der Waals surface area contributed by atoms with E-state index in [9.17, 15) is 5.26 Å². The van der Waals surface area contributed by atoms with E-state index in [0.717, 1.165) is 28.2 Å². The summed E-state index contributed by atoms with van der Waals surface area (Å²) in [5, 5.41) is 9.38. The van der Waals surface area contributed by atoms with Gasteiger partial charge < -0.3 is 10.2 Å². The summed E-state index contributed by atoms with van der Waals surface area (Å²) in [6, 6.07) is 11.6. The van der Waals surface area contributed by atoms with Gasteiger partial charge in [-0.25, -0.2) is 0 Å². The molecule has 0 unspecified atom stereocenters. The highest BCUT2D eigenvalue weighted by atomic mass is 16.3. The highest BCUT2D eigenvalue weighted by Gasteiger charge is 2.17. The van der Waals surface area contributed by atoms with Crippen molar-refractivity contribution in [3.8, 4) is 6.07 Å². The van der Waals surface area contributed by atoms with E-state index in [1.807, 2.05) is 51.1 Å². The van der Waals surface area contributed by atoms with E-state index in [1.165, 1.54) is 0 Å². The van der Waals surface area contributed by atoms with Crippen molar-refractivity contribution >= 4 is 11.3 Å².